The Morgan fingerprint density at radius 1 is 1.00 bits per heavy atom. The molecule has 0 unspecified atom stereocenters. The van der Waals surface area contributed by atoms with Gasteiger partial charge in [0.1, 0.15) is 5.82 Å². The minimum atomic E-state index is -1.56. The molecular formula is C14H7F3N2O. The van der Waals surface area contributed by atoms with E-state index < -0.39 is 23.0 Å². The van der Waals surface area contributed by atoms with Gasteiger partial charge in [0.2, 0.25) is 0 Å². The minimum absolute atomic E-state index is 0.0218. The average Bonchev–Trinajstić information content (AvgIpc) is 2.44. The fraction of sp³-hybridized carbons (Fsp3) is 0. The molecule has 0 atom stereocenters. The first-order valence-electron chi connectivity index (χ1n) is 5.70. The SMILES string of the molecule is O=c1[nH]c(-c2cc(F)c(F)c(F)c2)nc2ccccc12. The number of aromatic nitrogens is 2. The quantitative estimate of drug-likeness (QED) is 0.694. The van der Waals surface area contributed by atoms with Gasteiger partial charge in [0.15, 0.2) is 17.5 Å². The van der Waals surface area contributed by atoms with Crippen LogP contribution >= 0.6 is 0 Å². The van der Waals surface area contributed by atoms with Crippen LogP contribution in [0.4, 0.5) is 13.2 Å². The molecule has 0 saturated heterocycles. The van der Waals surface area contributed by atoms with Crippen molar-refractivity contribution in [3.63, 3.8) is 0 Å². The Morgan fingerprint density at radius 2 is 1.65 bits per heavy atom. The van der Waals surface area contributed by atoms with Gasteiger partial charge in [0, 0.05) is 5.56 Å². The Labute approximate surface area is 110 Å². The highest BCUT2D eigenvalue weighted by Crippen LogP contribution is 2.21. The summed E-state index contributed by atoms with van der Waals surface area (Å²) in [5, 5.41) is 0.360. The smallest absolute Gasteiger partial charge is 0.259 e. The molecule has 6 heteroatoms. The highest BCUT2D eigenvalue weighted by Gasteiger charge is 2.13. The van der Waals surface area contributed by atoms with E-state index >= 15 is 0 Å². The van der Waals surface area contributed by atoms with Crippen molar-refractivity contribution in [2.75, 3.05) is 0 Å². The van der Waals surface area contributed by atoms with Gasteiger partial charge < -0.3 is 4.98 Å². The number of hydrogen-bond acceptors (Lipinski definition) is 2. The third-order valence-corrected chi connectivity index (χ3v) is 2.87. The topological polar surface area (TPSA) is 45.8 Å². The summed E-state index contributed by atoms with van der Waals surface area (Å²) < 4.78 is 39.3. The lowest BCUT2D eigenvalue weighted by Gasteiger charge is -2.04. The van der Waals surface area contributed by atoms with Crippen LogP contribution in [0, 0.1) is 17.5 Å². The zero-order valence-electron chi connectivity index (χ0n) is 9.95. The molecule has 0 fully saturated rings. The van der Waals surface area contributed by atoms with Crippen LogP contribution in [-0.4, -0.2) is 9.97 Å². The Balaban J connectivity index is 2.27. The molecule has 0 aliphatic rings. The maximum atomic E-state index is 13.2. The molecule has 2 aromatic carbocycles. The van der Waals surface area contributed by atoms with E-state index in [-0.39, 0.29) is 11.4 Å². The van der Waals surface area contributed by atoms with Gasteiger partial charge in [-0.2, -0.15) is 0 Å². The molecule has 0 aliphatic carbocycles. The molecule has 1 aromatic heterocycles. The molecule has 0 aliphatic heterocycles. The summed E-state index contributed by atoms with van der Waals surface area (Å²) in [5.41, 5.74) is -0.0867. The number of para-hydroxylation sites is 1. The van der Waals surface area contributed by atoms with Crippen LogP contribution in [0.25, 0.3) is 22.3 Å². The van der Waals surface area contributed by atoms with Gasteiger partial charge in [-0.05, 0) is 24.3 Å². The zero-order valence-corrected chi connectivity index (χ0v) is 9.95. The molecule has 3 aromatic rings. The highest BCUT2D eigenvalue weighted by atomic mass is 19.2. The maximum absolute atomic E-state index is 13.2. The van der Waals surface area contributed by atoms with Gasteiger partial charge in [-0.15, -0.1) is 0 Å². The van der Waals surface area contributed by atoms with Crippen molar-refractivity contribution in [2.24, 2.45) is 0 Å². The molecule has 0 saturated carbocycles. The van der Waals surface area contributed by atoms with Crippen molar-refractivity contribution in [1.29, 1.82) is 0 Å². The van der Waals surface area contributed by atoms with Crippen LogP contribution in [0.2, 0.25) is 0 Å². The molecule has 100 valence electrons. The minimum Gasteiger partial charge on any atom is -0.306 e. The van der Waals surface area contributed by atoms with Gasteiger partial charge in [-0.25, -0.2) is 18.2 Å². The highest BCUT2D eigenvalue weighted by molar-refractivity contribution is 5.79. The van der Waals surface area contributed by atoms with Crippen LogP contribution < -0.4 is 5.56 Å². The second kappa shape index (κ2) is 4.48. The number of benzene rings is 2. The molecule has 0 bridgehead atoms. The molecule has 3 nitrogen and oxygen atoms in total. The maximum Gasteiger partial charge on any atom is 0.259 e. The third-order valence-electron chi connectivity index (χ3n) is 2.87. The van der Waals surface area contributed by atoms with E-state index in [2.05, 4.69) is 9.97 Å². The van der Waals surface area contributed by atoms with Crippen molar-refractivity contribution in [3.05, 3.63) is 64.2 Å². The Hall–Kier alpha value is -2.63. The Kier molecular flexibility index (Phi) is 2.78. The molecular weight excluding hydrogens is 269 g/mol. The second-order valence-corrected chi connectivity index (χ2v) is 4.19. The largest absolute Gasteiger partial charge is 0.306 e. The van der Waals surface area contributed by atoms with E-state index in [0.717, 1.165) is 12.1 Å². The van der Waals surface area contributed by atoms with E-state index in [1.54, 1.807) is 24.3 Å². The number of hydrogen-bond donors (Lipinski definition) is 1. The van der Waals surface area contributed by atoms with Crippen molar-refractivity contribution in [1.82, 2.24) is 9.97 Å². The standard InChI is InChI=1S/C14H7F3N2O/c15-9-5-7(6-10(16)12(9)17)13-18-11-4-2-1-3-8(11)14(20)19-13/h1-6H,(H,18,19,20). The first kappa shape index (κ1) is 12.4. The number of aromatic amines is 1. The number of nitrogens with one attached hydrogen (secondary N) is 1. The number of rotatable bonds is 1. The second-order valence-electron chi connectivity index (χ2n) is 4.19. The summed E-state index contributed by atoms with van der Waals surface area (Å²) in [6.45, 7) is 0. The fourth-order valence-corrected chi connectivity index (χ4v) is 1.92. The number of nitrogens with zero attached hydrogens (tertiary/aromatic N) is 1. The van der Waals surface area contributed by atoms with Crippen LogP contribution in [-0.2, 0) is 0 Å². The predicted octanol–water partition coefficient (Wildman–Crippen LogP) is 3.01. The van der Waals surface area contributed by atoms with Crippen molar-refractivity contribution >= 4 is 10.9 Å². The zero-order chi connectivity index (χ0) is 14.3. The summed E-state index contributed by atoms with van der Waals surface area (Å²) in [7, 11) is 0. The van der Waals surface area contributed by atoms with Gasteiger partial charge in [-0.1, -0.05) is 12.1 Å². The van der Waals surface area contributed by atoms with Crippen LogP contribution in [0.15, 0.2) is 41.2 Å². The Bertz CT molecular complexity index is 851. The molecule has 1 N–H and O–H groups in total. The molecule has 0 radical (unpaired) electrons. The lowest BCUT2D eigenvalue weighted by atomic mass is 10.1. The molecule has 0 amide bonds. The van der Waals surface area contributed by atoms with E-state index in [9.17, 15) is 18.0 Å². The van der Waals surface area contributed by atoms with Crippen molar-refractivity contribution in [3.8, 4) is 11.4 Å². The van der Waals surface area contributed by atoms with Gasteiger partial charge in [0.05, 0.1) is 10.9 Å². The van der Waals surface area contributed by atoms with E-state index in [1.807, 2.05) is 0 Å². The fourth-order valence-electron chi connectivity index (χ4n) is 1.92. The molecule has 1 heterocycles. The van der Waals surface area contributed by atoms with E-state index in [4.69, 9.17) is 0 Å². The van der Waals surface area contributed by atoms with Gasteiger partial charge in [-0.3, -0.25) is 4.79 Å². The third kappa shape index (κ3) is 1.95. The summed E-state index contributed by atoms with van der Waals surface area (Å²) in [6.07, 6.45) is 0. The van der Waals surface area contributed by atoms with Crippen molar-refractivity contribution in [2.45, 2.75) is 0 Å². The summed E-state index contributed by atoms with van der Waals surface area (Å²) in [4.78, 5) is 18.4. The van der Waals surface area contributed by atoms with Crippen LogP contribution in [0.5, 0.6) is 0 Å². The number of H-pyrrole nitrogens is 1. The molecule has 3 rings (SSSR count). The van der Waals surface area contributed by atoms with Gasteiger partial charge >= 0.3 is 0 Å². The number of halogens is 3. The normalized spacial score (nSPS) is 10.9. The monoisotopic (exact) mass is 276 g/mol. The van der Waals surface area contributed by atoms with Crippen LogP contribution in [0.3, 0.4) is 0 Å². The van der Waals surface area contributed by atoms with Gasteiger partial charge in [0.25, 0.3) is 5.56 Å². The lowest BCUT2D eigenvalue weighted by molar-refractivity contribution is 0.447. The van der Waals surface area contributed by atoms with Crippen LogP contribution in [0.1, 0.15) is 0 Å². The molecule has 20 heavy (non-hydrogen) atoms. The van der Waals surface area contributed by atoms with Crippen molar-refractivity contribution < 1.29 is 13.2 Å². The summed E-state index contributed by atoms with van der Waals surface area (Å²) >= 11 is 0. The number of fused-ring (bicyclic) bond motifs is 1. The lowest BCUT2D eigenvalue weighted by Crippen LogP contribution is -2.09. The van der Waals surface area contributed by atoms with E-state index in [1.165, 1.54) is 0 Å². The molecule has 0 spiro atoms. The van der Waals surface area contributed by atoms with E-state index in [0.29, 0.717) is 10.9 Å². The first-order chi connectivity index (χ1) is 9.56. The summed E-state index contributed by atoms with van der Waals surface area (Å²) in [5.74, 6) is -4.25. The first-order valence-corrected chi connectivity index (χ1v) is 5.70. The summed E-state index contributed by atoms with van der Waals surface area (Å²) in [6, 6.07) is 8.11. The average molecular weight is 276 g/mol. The predicted molar refractivity (Wildman–Crippen MR) is 67.7 cm³/mol. The Morgan fingerprint density at radius 3 is 2.35 bits per heavy atom.